The first-order valence-corrected chi connectivity index (χ1v) is 9.26. The number of hydrogen-bond donors (Lipinski definition) is 1. The summed E-state index contributed by atoms with van der Waals surface area (Å²) < 4.78 is 6.06. The van der Waals surface area contributed by atoms with Gasteiger partial charge in [-0.05, 0) is 70.1 Å². The minimum absolute atomic E-state index is 0.111. The molecule has 134 valence electrons. The second-order valence-corrected chi connectivity index (χ2v) is 7.29. The van der Waals surface area contributed by atoms with Gasteiger partial charge in [0.15, 0.2) is 0 Å². The Bertz CT molecular complexity index is 661. The Kier molecular flexibility index (Phi) is 5.77. The molecule has 0 atom stereocenters. The van der Waals surface area contributed by atoms with Crippen LogP contribution in [-0.2, 0) is 12.1 Å². The molecule has 1 saturated carbocycles. The molecule has 0 amide bonds. The van der Waals surface area contributed by atoms with Gasteiger partial charge in [-0.3, -0.25) is 4.90 Å². The standard InChI is InChI=1S/C22H30N2O/c1-23-20-12-14-22(15-13-20,24(2)3)19-10-7-11-21(16-19)25-17-18-8-5-4-6-9-18/h4-11,16,20,23H,12-15,17H2,1-3H3. The van der Waals surface area contributed by atoms with Crippen LogP contribution in [0, 0.1) is 0 Å². The molecule has 3 heteroatoms. The van der Waals surface area contributed by atoms with Crippen LogP contribution in [0.5, 0.6) is 5.75 Å². The lowest BCUT2D eigenvalue weighted by Gasteiger charge is -2.45. The Balaban J connectivity index is 1.76. The smallest absolute Gasteiger partial charge is 0.120 e. The molecule has 0 radical (unpaired) electrons. The molecule has 1 aliphatic carbocycles. The highest BCUT2D eigenvalue weighted by Crippen LogP contribution is 2.42. The molecule has 25 heavy (non-hydrogen) atoms. The summed E-state index contributed by atoms with van der Waals surface area (Å²) in [7, 11) is 6.49. The number of hydrogen-bond acceptors (Lipinski definition) is 3. The molecule has 0 heterocycles. The third-order valence-corrected chi connectivity index (χ3v) is 5.70. The topological polar surface area (TPSA) is 24.5 Å². The highest BCUT2D eigenvalue weighted by atomic mass is 16.5. The second-order valence-electron chi connectivity index (χ2n) is 7.29. The maximum atomic E-state index is 6.06. The summed E-state index contributed by atoms with van der Waals surface area (Å²) in [6.07, 6.45) is 4.77. The Labute approximate surface area is 152 Å². The van der Waals surface area contributed by atoms with E-state index in [1.807, 2.05) is 6.07 Å². The van der Waals surface area contributed by atoms with Crippen LogP contribution in [0.15, 0.2) is 54.6 Å². The minimum atomic E-state index is 0.111. The first-order chi connectivity index (χ1) is 12.1. The average Bonchev–Trinajstić information content (AvgIpc) is 2.67. The summed E-state index contributed by atoms with van der Waals surface area (Å²) in [4.78, 5) is 2.40. The van der Waals surface area contributed by atoms with E-state index in [4.69, 9.17) is 4.74 Å². The number of ether oxygens (including phenoxy) is 1. The van der Waals surface area contributed by atoms with Gasteiger partial charge in [0.2, 0.25) is 0 Å². The van der Waals surface area contributed by atoms with Crippen molar-refractivity contribution in [3.8, 4) is 5.75 Å². The Morgan fingerprint density at radius 1 is 1.04 bits per heavy atom. The first kappa shape index (κ1) is 18.0. The van der Waals surface area contributed by atoms with Crippen LogP contribution >= 0.6 is 0 Å². The van der Waals surface area contributed by atoms with Gasteiger partial charge in [-0.25, -0.2) is 0 Å². The minimum Gasteiger partial charge on any atom is -0.489 e. The van der Waals surface area contributed by atoms with Gasteiger partial charge in [-0.15, -0.1) is 0 Å². The molecule has 0 bridgehead atoms. The van der Waals surface area contributed by atoms with Gasteiger partial charge < -0.3 is 10.1 Å². The summed E-state index contributed by atoms with van der Waals surface area (Å²) in [5, 5.41) is 3.44. The molecule has 2 aromatic rings. The van der Waals surface area contributed by atoms with E-state index in [1.165, 1.54) is 36.8 Å². The first-order valence-electron chi connectivity index (χ1n) is 9.26. The van der Waals surface area contributed by atoms with Gasteiger partial charge in [-0.1, -0.05) is 42.5 Å². The summed E-state index contributed by atoms with van der Waals surface area (Å²) in [6, 6.07) is 19.7. The summed E-state index contributed by atoms with van der Waals surface area (Å²) in [6.45, 7) is 0.612. The predicted molar refractivity (Wildman–Crippen MR) is 104 cm³/mol. The van der Waals surface area contributed by atoms with Gasteiger partial charge in [0, 0.05) is 11.6 Å². The van der Waals surface area contributed by atoms with E-state index in [9.17, 15) is 0 Å². The molecule has 1 fully saturated rings. The maximum absolute atomic E-state index is 6.06. The SMILES string of the molecule is CNC1CCC(c2cccc(OCc3ccccc3)c2)(N(C)C)CC1. The quantitative estimate of drug-likeness (QED) is 0.855. The number of benzene rings is 2. The van der Waals surface area contributed by atoms with Crippen LogP contribution in [0.2, 0.25) is 0 Å². The fourth-order valence-electron chi connectivity index (χ4n) is 3.99. The lowest BCUT2D eigenvalue weighted by Crippen LogP contribution is -2.47. The highest BCUT2D eigenvalue weighted by molar-refractivity contribution is 5.34. The number of nitrogens with zero attached hydrogens (tertiary/aromatic N) is 1. The lowest BCUT2D eigenvalue weighted by atomic mass is 9.74. The van der Waals surface area contributed by atoms with Crippen molar-refractivity contribution in [2.45, 2.75) is 43.9 Å². The third kappa shape index (κ3) is 4.05. The molecule has 0 saturated heterocycles. The Morgan fingerprint density at radius 2 is 1.76 bits per heavy atom. The van der Waals surface area contributed by atoms with Crippen molar-refractivity contribution in [2.24, 2.45) is 0 Å². The van der Waals surface area contributed by atoms with Crippen LogP contribution in [-0.4, -0.2) is 32.1 Å². The second kappa shape index (κ2) is 8.03. The molecule has 0 spiro atoms. The Hall–Kier alpha value is -1.84. The van der Waals surface area contributed by atoms with Gasteiger partial charge >= 0.3 is 0 Å². The number of nitrogens with one attached hydrogen (secondary N) is 1. The summed E-state index contributed by atoms with van der Waals surface area (Å²) in [5.74, 6) is 0.957. The van der Waals surface area contributed by atoms with E-state index in [0.717, 1.165) is 5.75 Å². The van der Waals surface area contributed by atoms with E-state index in [2.05, 4.69) is 79.9 Å². The highest BCUT2D eigenvalue weighted by Gasteiger charge is 2.38. The predicted octanol–water partition coefficient (Wildman–Crippen LogP) is 4.18. The molecule has 3 rings (SSSR count). The van der Waals surface area contributed by atoms with Crippen molar-refractivity contribution >= 4 is 0 Å². The molecule has 1 N–H and O–H groups in total. The van der Waals surface area contributed by atoms with Gasteiger partial charge in [-0.2, -0.15) is 0 Å². The molecule has 1 aliphatic rings. The van der Waals surface area contributed by atoms with E-state index in [0.29, 0.717) is 12.6 Å². The van der Waals surface area contributed by atoms with Crippen molar-refractivity contribution in [1.29, 1.82) is 0 Å². The van der Waals surface area contributed by atoms with Crippen LogP contribution in [0.4, 0.5) is 0 Å². The van der Waals surface area contributed by atoms with E-state index in [-0.39, 0.29) is 5.54 Å². The van der Waals surface area contributed by atoms with Gasteiger partial charge in [0.05, 0.1) is 0 Å². The monoisotopic (exact) mass is 338 g/mol. The molecular weight excluding hydrogens is 308 g/mol. The zero-order chi connectivity index (χ0) is 17.7. The fourth-order valence-corrected chi connectivity index (χ4v) is 3.99. The van der Waals surface area contributed by atoms with Gasteiger partial charge in [0.25, 0.3) is 0 Å². The zero-order valence-corrected chi connectivity index (χ0v) is 15.7. The summed E-state index contributed by atoms with van der Waals surface area (Å²) in [5.41, 5.74) is 2.68. The molecular formula is C22H30N2O. The molecule has 0 aromatic heterocycles. The third-order valence-electron chi connectivity index (χ3n) is 5.70. The van der Waals surface area contributed by atoms with Crippen molar-refractivity contribution in [3.05, 3.63) is 65.7 Å². The van der Waals surface area contributed by atoms with Crippen molar-refractivity contribution in [3.63, 3.8) is 0 Å². The van der Waals surface area contributed by atoms with Crippen molar-refractivity contribution in [2.75, 3.05) is 21.1 Å². The largest absolute Gasteiger partial charge is 0.489 e. The maximum Gasteiger partial charge on any atom is 0.120 e. The average molecular weight is 338 g/mol. The van der Waals surface area contributed by atoms with E-state index >= 15 is 0 Å². The van der Waals surface area contributed by atoms with Crippen LogP contribution in [0.25, 0.3) is 0 Å². The van der Waals surface area contributed by atoms with Crippen LogP contribution in [0.1, 0.15) is 36.8 Å². The fraction of sp³-hybridized carbons (Fsp3) is 0.455. The van der Waals surface area contributed by atoms with Crippen LogP contribution < -0.4 is 10.1 Å². The Morgan fingerprint density at radius 3 is 2.40 bits per heavy atom. The van der Waals surface area contributed by atoms with Crippen molar-refractivity contribution in [1.82, 2.24) is 10.2 Å². The number of rotatable bonds is 6. The zero-order valence-electron chi connectivity index (χ0n) is 15.7. The van der Waals surface area contributed by atoms with Gasteiger partial charge in [0.1, 0.15) is 12.4 Å². The lowest BCUT2D eigenvalue weighted by molar-refractivity contribution is 0.0867. The van der Waals surface area contributed by atoms with E-state index < -0.39 is 0 Å². The van der Waals surface area contributed by atoms with Crippen LogP contribution in [0.3, 0.4) is 0 Å². The molecule has 2 aromatic carbocycles. The summed E-state index contributed by atoms with van der Waals surface area (Å²) >= 11 is 0. The normalized spacial score (nSPS) is 23.6. The molecule has 3 nitrogen and oxygen atoms in total. The van der Waals surface area contributed by atoms with E-state index in [1.54, 1.807) is 0 Å². The molecule has 0 aliphatic heterocycles. The molecule has 0 unspecified atom stereocenters. The van der Waals surface area contributed by atoms with Crippen molar-refractivity contribution < 1.29 is 4.74 Å².